The summed E-state index contributed by atoms with van der Waals surface area (Å²) >= 11 is 0. The molecule has 0 aromatic carbocycles. The molecule has 0 atom stereocenters. The molecule has 0 unspecified atom stereocenters. The summed E-state index contributed by atoms with van der Waals surface area (Å²) < 4.78 is 0. The highest BCUT2D eigenvalue weighted by molar-refractivity contribution is 5.76. The van der Waals surface area contributed by atoms with Crippen LogP contribution in [0, 0.1) is 0 Å². The molecule has 0 heterocycles. The molecule has 0 bridgehead atoms. The van der Waals surface area contributed by atoms with E-state index in [1.807, 2.05) is 0 Å². The van der Waals surface area contributed by atoms with E-state index in [0.29, 0.717) is 0 Å². The number of rotatable bonds is 0. The molecule has 0 radical (unpaired) electrons. The lowest BCUT2D eigenvalue weighted by Crippen LogP contribution is -0.382. The van der Waals surface area contributed by atoms with Crippen LogP contribution in [0.5, 0.6) is 0 Å². The van der Waals surface area contributed by atoms with Crippen LogP contribution >= 0.6 is 0 Å². The Morgan fingerprint density at radius 3 is 0.250 bits per heavy atom. The van der Waals surface area contributed by atoms with Crippen molar-refractivity contribution < 1.29 is 0 Å². The van der Waals surface area contributed by atoms with E-state index >= 15 is 0 Å². The summed E-state index contributed by atoms with van der Waals surface area (Å²) in [5.74, 6) is 0. The van der Waals surface area contributed by atoms with Crippen LogP contribution < -0.4 is 0 Å². The van der Waals surface area contributed by atoms with E-state index in [4.69, 9.17) is 0 Å². The van der Waals surface area contributed by atoms with Gasteiger partial charge < -0.3 is 0 Å². The van der Waals surface area contributed by atoms with E-state index in [1.54, 1.807) is 0 Å². The van der Waals surface area contributed by atoms with Gasteiger partial charge in [0.2, 0.25) is 0 Å². The third-order valence-electron chi connectivity index (χ3n) is 0. The van der Waals surface area contributed by atoms with Crippen molar-refractivity contribution in [1.82, 2.24) is 0 Å². The monoisotopic (exact) mass is 156 g/mol. The Hall–Kier alpha value is 1.06. The highest BCUT2D eigenvalue weighted by Gasteiger charge is 0.188. The first-order valence-electron chi connectivity index (χ1n) is 0. The molecule has 2 heteroatoms. The third kappa shape index (κ3) is 229. The molecule has 0 saturated heterocycles. The summed E-state index contributed by atoms with van der Waals surface area (Å²) in [6.07, 6.45) is 0. The predicted octanol–water partition coefficient (Wildman–Crippen LogP) is 1.45. The molecule has 0 aliphatic rings. The van der Waals surface area contributed by atoms with Crippen molar-refractivity contribution in [3.8, 4) is 0 Å². The fourth-order valence-corrected chi connectivity index (χ4v) is 0. The summed E-state index contributed by atoms with van der Waals surface area (Å²) in [5.41, 5.74) is 0. The van der Waals surface area contributed by atoms with E-state index in [0.717, 1.165) is 0 Å². The topological polar surface area (TPSA) is 0 Å². The molecule has 0 spiro atoms. The van der Waals surface area contributed by atoms with Crippen LogP contribution in [0.25, 0.3) is 0 Å². The van der Waals surface area contributed by atoms with Gasteiger partial charge in [0.25, 0.3) is 0 Å². The Kier molecular flexibility index (Phi) is 23100. The van der Waals surface area contributed by atoms with Gasteiger partial charge in [-0.2, -0.15) is 0 Å². The van der Waals surface area contributed by atoms with Crippen molar-refractivity contribution >= 4 is 34.7 Å². The Morgan fingerprint density at radius 2 is 0.250 bits per heavy atom. The summed E-state index contributed by atoms with van der Waals surface area (Å²) in [4.78, 5) is 0. The molecule has 0 aliphatic heterocycles. The van der Waals surface area contributed by atoms with Gasteiger partial charge in [-0.05, 0) is 0 Å². The van der Waals surface area contributed by atoms with Crippen LogP contribution in [0.4, 0.5) is 0 Å². The fraction of sp³-hybridized carbons (Fsp3) is 1.00. The minimum atomic E-state index is 0. The third-order valence-corrected chi connectivity index (χ3v) is 0. The fourth-order valence-electron chi connectivity index (χ4n) is 0. The lowest BCUT2D eigenvalue weighted by molar-refractivity contribution is 2.50. The molecular formula is C6H30Al2. The second-order valence-corrected chi connectivity index (χ2v) is 0. The molecule has 0 fully saturated rings. The van der Waals surface area contributed by atoms with E-state index in [-0.39, 0.29) is 79.3 Å². The summed E-state index contributed by atoms with van der Waals surface area (Å²) in [6.45, 7) is 0. The Bertz CT molecular complexity index is 6.49. The van der Waals surface area contributed by atoms with Gasteiger partial charge in [0.05, 0.1) is 0 Å². The van der Waals surface area contributed by atoms with Crippen molar-refractivity contribution in [2.24, 2.45) is 0 Å². The highest BCUT2D eigenvalue weighted by Crippen LogP contribution is 0.149. The molecule has 0 nitrogen and oxygen atoms in total. The number of hydrogen-bond donors (Lipinski definition) is 0. The minimum absolute atomic E-state index is 0. The van der Waals surface area contributed by atoms with Crippen molar-refractivity contribution in [3.05, 3.63) is 0 Å². The first kappa shape index (κ1) is 520. The van der Waals surface area contributed by atoms with Gasteiger partial charge in [-0.1, -0.05) is 44.6 Å². The summed E-state index contributed by atoms with van der Waals surface area (Å²) in [5, 5.41) is 0. The molecule has 0 aromatic rings. The van der Waals surface area contributed by atoms with Gasteiger partial charge in [-0.25, -0.2) is 0 Å². The largest absolute Gasteiger partial charge is 0.187 e. The zero-order valence-corrected chi connectivity index (χ0v) is 0. The van der Waals surface area contributed by atoms with Crippen LogP contribution in [0.3, 0.4) is 0 Å². The van der Waals surface area contributed by atoms with E-state index in [1.165, 1.54) is 0 Å². The highest BCUT2D eigenvalue weighted by atomic mass is 27.0. The van der Waals surface area contributed by atoms with Gasteiger partial charge >= 0.3 is 0 Å². The maximum Gasteiger partial charge on any atom is 0.187 e. The van der Waals surface area contributed by atoms with Gasteiger partial charge in [-0.3, -0.25) is 0 Å². The second kappa shape index (κ2) is 355. The molecular weight excluding hydrogens is 126 g/mol. The average Bonchev–Trinajstić information content (AvgIpc) is 0. The molecule has 0 saturated carbocycles. The Morgan fingerprint density at radius 1 is 0.250 bits per heavy atom. The van der Waals surface area contributed by atoms with Crippen molar-refractivity contribution in [1.29, 1.82) is 0 Å². The van der Waals surface area contributed by atoms with E-state index in [9.17, 15) is 0 Å². The van der Waals surface area contributed by atoms with Crippen LogP contribution in [-0.4, -0.2) is 34.7 Å². The SMILES string of the molecule is C.C.C.C.C.C.[AlH3].[AlH3]. The lowest BCUT2D eigenvalue weighted by Gasteiger charge is -0.0786. The normalized spacial score (nSPS) is 0. The smallest absolute Gasteiger partial charge is 0.0776 e. The lowest BCUT2D eigenvalue weighted by atomic mass is 12.0. The van der Waals surface area contributed by atoms with Crippen LogP contribution in [0.2, 0.25) is 0 Å². The molecule has 0 amide bonds. The molecule has 0 aromatic heterocycles. The maximum atomic E-state index is 0. The second-order valence-electron chi connectivity index (χ2n) is 0. The van der Waals surface area contributed by atoms with Gasteiger partial charge in [0.15, 0.2) is 34.7 Å². The van der Waals surface area contributed by atoms with E-state index < -0.39 is 0 Å². The quantitative estimate of drug-likeness (QED) is 0.466. The summed E-state index contributed by atoms with van der Waals surface area (Å²) in [6, 6.07) is 0. The summed E-state index contributed by atoms with van der Waals surface area (Å²) in [7, 11) is 0. The Balaban J connectivity index is 0. The van der Waals surface area contributed by atoms with Crippen molar-refractivity contribution in [2.75, 3.05) is 0 Å². The number of hydrogen-bond acceptors (Lipinski definition) is 0. The Labute approximate surface area is 79.3 Å². The first-order valence-corrected chi connectivity index (χ1v) is 0. The molecule has 0 N–H and O–H groups in total. The van der Waals surface area contributed by atoms with Gasteiger partial charge in [-0.15, -0.1) is 0 Å². The molecule has 0 rings (SSSR count). The van der Waals surface area contributed by atoms with Crippen LogP contribution in [-0.2, 0) is 0 Å². The van der Waals surface area contributed by atoms with Gasteiger partial charge in [0, 0.05) is 0 Å². The standard InChI is InChI=1S/6CH4.2Al.6H/h6*1H4;;;;;;;;. The van der Waals surface area contributed by atoms with Crippen molar-refractivity contribution in [2.45, 2.75) is 44.6 Å². The van der Waals surface area contributed by atoms with E-state index in [2.05, 4.69) is 0 Å². The minimum Gasteiger partial charge on any atom is -0.0776 e. The van der Waals surface area contributed by atoms with Crippen LogP contribution in [0.1, 0.15) is 44.6 Å². The zero-order chi connectivity index (χ0) is 0. The molecule has 60 valence electrons. The maximum absolute atomic E-state index is 0. The first-order chi connectivity index (χ1) is 0. The predicted molar refractivity (Wildman–Crippen MR) is 60.3 cm³/mol. The van der Waals surface area contributed by atoms with Gasteiger partial charge in [0.1, 0.15) is 0 Å². The molecule has 0 aliphatic carbocycles. The molecule has 8 heavy (non-hydrogen) atoms. The van der Waals surface area contributed by atoms with Crippen molar-refractivity contribution in [3.63, 3.8) is 0 Å². The average molecular weight is 156 g/mol. The zero-order valence-electron chi connectivity index (χ0n) is 0. The van der Waals surface area contributed by atoms with Crippen LogP contribution in [0.15, 0.2) is 0 Å².